The van der Waals surface area contributed by atoms with Crippen LogP contribution in [0.25, 0.3) is 11.0 Å². The molecule has 164 valence electrons. The molecule has 1 spiro atoms. The molecule has 1 N–H and O–H groups in total. The van der Waals surface area contributed by atoms with Gasteiger partial charge in [0.05, 0.1) is 18.1 Å². The maximum atomic E-state index is 12.8. The number of fused-ring (bicyclic) bond motifs is 1. The number of nitrogens with zero attached hydrogens (tertiary/aromatic N) is 6. The van der Waals surface area contributed by atoms with Gasteiger partial charge in [-0.15, -0.1) is 0 Å². The molecule has 3 aromatic heterocycles. The summed E-state index contributed by atoms with van der Waals surface area (Å²) in [5.41, 5.74) is 0.318. The summed E-state index contributed by atoms with van der Waals surface area (Å²) in [4.78, 5) is 25.0. The molecule has 3 aromatic rings. The molecule has 0 aromatic carbocycles. The number of rotatable bonds is 2. The van der Waals surface area contributed by atoms with E-state index in [1.165, 1.54) is 18.5 Å². The molecule has 0 aliphatic carbocycles. The van der Waals surface area contributed by atoms with Crippen molar-refractivity contribution in [1.29, 1.82) is 0 Å². The number of hydrogen-bond donors (Lipinski definition) is 1. The Bertz CT molecular complexity index is 1160. The van der Waals surface area contributed by atoms with Crippen molar-refractivity contribution >= 4 is 22.7 Å². The SMILES string of the molecule is Cn1c(N2CCC3(CCN(c4ccc(C(F)(F)F)nc4)C3)CC2)nc2[nH]ncc2c1=O. The predicted octanol–water partition coefficient (Wildman–Crippen LogP) is 2.57. The molecule has 0 amide bonds. The van der Waals surface area contributed by atoms with Crippen molar-refractivity contribution in [2.45, 2.75) is 25.4 Å². The highest BCUT2D eigenvalue weighted by Gasteiger charge is 2.41. The normalized spacial score (nSPS) is 19.0. The molecule has 0 saturated carbocycles. The first-order valence-corrected chi connectivity index (χ1v) is 10.2. The lowest BCUT2D eigenvalue weighted by Crippen LogP contribution is -2.43. The summed E-state index contributed by atoms with van der Waals surface area (Å²) < 4.78 is 39.9. The van der Waals surface area contributed by atoms with Crippen molar-refractivity contribution in [2.75, 3.05) is 36.0 Å². The van der Waals surface area contributed by atoms with Gasteiger partial charge in [0, 0.05) is 33.2 Å². The number of piperidine rings is 1. The Morgan fingerprint density at radius 1 is 1.06 bits per heavy atom. The van der Waals surface area contributed by atoms with Gasteiger partial charge < -0.3 is 9.80 Å². The Balaban J connectivity index is 1.29. The Morgan fingerprint density at radius 3 is 2.42 bits per heavy atom. The number of hydrogen-bond acceptors (Lipinski definition) is 6. The summed E-state index contributed by atoms with van der Waals surface area (Å²) in [6.07, 6.45) is 1.21. The minimum Gasteiger partial charge on any atom is -0.370 e. The van der Waals surface area contributed by atoms with Crippen LogP contribution >= 0.6 is 0 Å². The highest BCUT2D eigenvalue weighted by Crippen LogP contribution is 2.42. The van der Waals surface area contributed by atoms with Gasteiger partial charge in [-0.25, -0.2) is 4.98 Å². The number of halogens is 3. The standard InChI is InChI=1S/C20H22F3N7O/c1-28-17(31)14-11-25-27-16(14)26-18(28)29-7-4-19(5-8-29)6-9-30(12-19)13-2-3-15(24-10-13)20(21,22)23/h2-3,10-11H,4-9,12H2,1H3,(H,25,27). The maximum absolute atomic E-state index is 12.8. The molecule has 11 heteroatoms. The molecule has 2 saturated heterocycles. The summed E-state index contributed by atoms with van der Waals surface area (Å²) in [5, 5.41) is 7.15. The fourth-order valence-corrected chi connectivity index (χ4v) is 4.74. The number of anilines is 2. The molecular weight excluding hydrogens is 411 g/mol. The van der Waals surface area contributed by atoms with E-state index in [0.717, 1.165) is 57.2 Å². The van der Waals surface area contributed by atoms with Crippen LogP contribution in [0.3, 0.4) is 0 Å². The molecule has 0 unspecified atom stereocenters. The van der Waals surface area contributed by atoms with Gasteiger partial charge >= 0.3 is 6.18 Å². The first-order chi connectivity index (χ1) is 14.8. The Kier molecular flexibility index (Phi) is 4.45. The monoisotopic (exact) mass is 433 g/mol. The molecule has 0 radical (unpaired) electrons. The van der Waals surface area contributed by atoms with Crippen molar-refractivity contribution in [3.63, 3.8) is 0 Å². The lowest BCUT2D eigenvalue weighted by molar-refractivity contribution is -0.141. The van der Waals surface area contributed by atoms with Gasteiger partial charge in [0.1, 0.15) is 11.1 Å². The van der Waals surface area contributed by atoms with Gasteiger partial charge in [-0.05, 0) is 36.8 Å². The molecular formula is C20H22F3N7O. The first-order valence-electron chi connectivity index (χ1n) is 10.2. The van der Waals surface area contributed by atoms with Gasteiger partial charge in [0.2, 0.25) is 5.95 Å². The Labute approximate surface area is 175 Å². The fourth-order valence-electron chi connectivity index (χ4n) is 4.74. The number of H-pyrrole nitrogens is 1. The fraction of sp³-hybridized carbons (Fsp3) is 0.500. The van der Waals surface area contributed by atoms with Crippen LogP contribution in [-0.4, -0.2) is 50.9 Å². The van der Waals surface area contributed by atoms with Crippen molar-refractivity contribution in [3.05, 3.63) is 40.6 Å². The number of aromatic nitrogens is 5. The van der Waals surface area contributed by atoms with E-state index in [1.807, 2.05) is 0 Å². The van der Waals surface area contributed by atoms with Crippen LogP contribution in [0.2, 0.25) is 0 Å². The molecule has 0 bridgehead atoms. The zero-order valence-corrected chi connectivity index (χ0v) is 17.0. The third-order valence-electron chi connectivity index (χ3n) is 6.61. The van der Waals surface area contributed by atoms with Gasteiger partial charge in [0.25, 0.3) is 5.56 Å². The molecule has 2 fully saturated rings. The number of nitrogens with one attached hydrogen (secondary N) is 1. The number of aromatic amines is 1. The zero-order chi connectivity index (χ0) is 21.8. The summed E-state index contributed by atoms with van der Waals surface area (Å²) in [5.74, 6) is 0.624. The van der Waals surface area contributed by atoms with Gasteiger partial charge in [-0.2, -0.15) is 23.3 Å². The summed E-state index contributed by atoms with van der Waals surface area (Å²) >= 11 is 0. The minimum absolute atomic E-state index is 0.107. The van der Waals surface area contributed by atoms with Crippen LogP contribution in [0, 0.1) is 5.41 Å². The van der Waals surface area contributed by atoms with Gasteiger partial charge in [-0.3, -0.25) is 14.5 Å². The molecule has 2 aliphatic rings. The van der Waals surface area contributed by atoms with E-state index in [1.54, 1.807) is 11.6 Å². The third-order valence-corrected chi connectivity index (χ3v) is 6.61. The second-order valence-electron chi connectivity index (χ2n) is 8.47. The van der Waals surface area contributed by atoms with Crippen molar-refractivity contribution in [2.24, 2.45) is 12.5 Å². The van der Waals surface area contributed by atoms with E-state index in [0.29, 0.717) is 17.0 Å². The highest BCUT2D eigenvalue weighted by molar-refractivity contribution is 5.73. The first kappa shape index (κ1) is 19.8. The van der Waals surface area contributed by atoms with E-state index in [9.17, 15) is 18.0 Å². The number of alkyl halides is 3. The van der Waals surface area contributed by atoms with E-state index in [-0.39, 0.29) is 11.0 Å². The van der Waals surface area contributed by atoms with Gasteiger partial charge in [0.15, 0.2) is 5.65 Å². The molecule has 31 heavy (non-hydrogen) atoms. The zero-order valence-electron chi connectivity index (χ0n) is 17.0. The topological polar surface area (TPSA) is 82.9 Å². The number of pyridine rings is 1. The lowest BCUT2D eigenvalue weighted by Gasteiger charge is -2.40. The van der Waals surface area contributed by atoms with E-state index in [2.05, 4.69) is 30.0 Å². The second-order valence-corrected chi connectivity index (χ2v) is 8.47. The van der Waals surface area contributed by atoms with Crippen LogP contribution in [-0.2, 0) is 13.2 Å². The second kappa shape index (κ2) is 6.96. The molecule has 5 heterocycles. The molecule has 5 rings (SSSR count). The van der Waals surface area contributed by atoms with Crippen LogP contribution < -0.4 is 15.4 Å². The molecule has 0 atom stereocenters. The third kappa shape index (κ3) is 3.41. The lowest BCUT2D eigenvalue weighted by atomic mass is 9.78. The summed E-state index contributed by atoms with van der Waals surface area (Å²) in [6.45, 7) is 3.11. The average molecular weight is 433 g/mol. The van der Waals surface area contributed by atoms with Crippen molar-refractivity contribution in [3.8, 4) is 0 Å². The van der Waals surface area contributed by atoms with E-state index < -0.39 is 11.9 Å². The van der Waals surface area contributed by atoms with Crippen LogP contribution in [0.1, 0.15) is 25.0 Å². The predicted molar refractivity (Wildman–Crippen MR) is 109 cm³/mol. The average Bonchev–Trinajstić information content (AvgIpc) is 3.39. The van der Waals surface area contributed by atoms with Crippen LogP contribution in [0.5, 0.6) is 0 Å². The van der Waals surface area contributed by atoms with E-state index >= 15 is 0 Å². The van der Waals surface area contributed by atoms with Gasteiger partial charge in [-0.1, -0.05) is 0 Å². The maximum Gasteiger partial charge on any atom is 0.433 e. The highest BCUT2D eigenvalue weighted by atomic mass is 19.4. The van der Waals surface area contributed by atoms with E-state index in [4.69, 9.17) is 0 Å². The molecule has 8 nitrogen and oxygen atoms in total. The minimum atomic E-state index is -4.43. The van der Waals surface area contributed by atoms with Crippen molar-refractivity contribution in [1.82, 2.24) is 24.7 Å². The summed E-state index contributed by atoms with van der Waals surface area (Å²) in [7, 11) is 1.72. The quantitative estimate of drug-likeness (QED) is 0.669. The Morgan fingerprint density at radius 2 is 1.77 bits per heavy atom. The molecule has 2 aliphatic heterocycles. The largest absolute Gasteiger partial charge is 0.433 e. The van der Waals surface area contributed by atoms with Crippen LogP contribution in [0.4, 0.5) is 24.8 Å². The smallest absolute Gasteiger partial charge is 0.370 e. The Hall–Kier alpha value is -3.11. The summed E-state index contributed by atoms with van der Waals surface area (Å²) in [6, 6.07) is 2.55. The van der Waals surface area contributed by atoms with Crippen LogP contribution in [0.15, 0.2) is 29.3 Å². The van der Waals surface area contributed by atoms with Crippen molar-refractivity contribution < 1.29 is 13.2 Å².